The van der Waals surface area contributed by atoms with Gasteiger partial charge in [0.25, 0.3) is 0 Å². The van der Waals surface area contributed by atoms with Gasteiger partial charge in [-0.2, -0.15) is 8.78 Å². The summed E-state index contributed by atoms with van der Waals surface area (Å²) in [5, 5.41) is 0. The molecule has 0 aliphatic heterocycles. The fraction of sp³-hybridized carbons (Fsp3) is 0.143. The van der Waals surface area contributed by atoms with E-state index in [1.165, 1.54) is 0 Å². The van der Waals surface area contributed by atoms with Crippen LogP contribution in [0.4, 0.5) is 8.78 Å². The maximum Gasteiger partial charge on any atom is 0.375 e. The SMILES string of the molecule is FC(F)(Cl)Sc1ccccc1. The van der Waals surface area contributed by atoms with Crippen LogP contribution in [0.5, 0.6) is 0 Å². The summed E-state index contributed by atoms with van der Waals surface area (Å²) >= 11 is 5.03. The third kappa shape index (κ3) is 3.58. The number of rotatable bonds is 2. The van der Waals surface area contributed by atoms with Crippen molar-refractivity contribution in [3.05, 3.63) is 30.3 Å². The number of alkyl halides is 3. The van der Waals surface area contributed by atoms with Crippen LogP contribution in [-0.4, -0.2) is 4.71 Å². The third-order valence-electron chi connectivity index (χ3n) is 0.977. The van der Waals surface area contributed by atoms with Gasteiger partial charge in [-0.15, -0.1) is 0 Å². The second-order valence-corrected chi connectivity index (χ2v) is 3.75. The molecule has 0 radical (unpaired) electrons. The summed E-state index contributed by atoms with van der Waals surface area (Å²) in [4.78, 5) is 0.465. The summed E-state index contributed by atoms with van der Waals surface area (Å²) < 4.78 is 21.1. The summed E-state index contributed by atoms with van der Waals surface area (Å²) in [5.74, 6) is 0. The van der Waals surface area contributed by atoms with Crippen LogP contribution in [0.3, 0.4) is 0 Å². The molecular formula is C7H5ClF2S. The predicted molar refractivity (Wildman–Crippen MR) is 43.1 cm³/mol. The lowest BCUT2D eigenvalue weighted by molar-refractivity contribution is 0.203. The van der Waals surface area contributed by atoms with E-state index in [2.05, 4.69) is 0 Å². The minimum atomic E-state index is -3.21. The molecule has 0 spiro atoms. The molecule has 0 aliphatic carbocycles. The van der Waals surface area contributed by atoms with Crippen LogP contribution in [0.2, 0.25) is 0 Å². The molecule has 1 aromatic rings. The molecule has 0 saturated carbocycles. The highest BCUT2D eigenvalue weighted by Crippen LogP contribution is 2.38. The zero-order valence-corrected chi connectivity index (χ0v) is 7.00. The van der Waals surface area contributed by atoms with Gasteiger partial charge in [0.15, 0.2) is 0 Å². The summed E-state index contributed by atoms with van der Waals surface area (Å²) in [6.45, 7) is 0. The van der Waals surface area contributed by atoms with Crippen molar-refractivity contribution < 1.29 is 8.78 Å². The van der Waals surface area contributed by atoms with E-state index < -0.39 is 4.71 Å². The molecular weight excluding hydrogens is 190 g/mol. The molecule has 0 bridgehead atoms. The molecule has 0 atom stereocenters. The largest absolute Gasteiger partial charge is 0.375 e. The van der Waals surface area contributed by atoms with Gasteiger partial charge >= 0.3 is 4.71 Å². The zero-order chi connectivity index (χ0) is 8.32. The molecule has 1 rings (SSSR count). The van der Waals surface area contributed by atoms with E-state index in [1.807, 2.05) is 0 Å². The van der Waals surface area contributed by atoms with Crippen LogP contribution >= 0.6 is 23.4 Å². The van der Waals surface area contributed by atoms with Crippen molar-refractivity contribution in [2.45, 2.75) is 9.61 Å². The van der Waals surface area contributed by atoms with E-state index >= 15 is 0 Å². The quantitative estimate of drug-likeness (QED) is 0.512. The highest BCUT2D eigenvalue weighted by atomic mass is 35.5. The third-order valence-corrected chi connectivity index (χ3v) is 1.95. The normalized spacial score (nSPS) is 11.5. The van der Waals surface area contributed by atoms with Crippen LogP contribution in [0, 0.1) is 0 Å². The smallest absolute Gasteiger partial charge is 0.177 e. The Bertz CT molecular complexity index is 220. The van der Waals surface area contributed by atoms with Crippen molar-refractivity contribution >= 4 is 23.4 Å². The number of benzene rings is 1. The molecule has 0 aliphatic rings. The number of hydrogen-bond acceptors (Lipinski definition) is 1. The van der Waals surface area contributed by atoms with Gasteiger partial charge in [0.1, 0.15) is 0 Å². The maximum absolute atomic E-state index is 12.1. The van der Waals surface area contributed by atoms with Crippen LogP contribution in [0.1, 0.15) is 0 Å². The summed E-state index contributed by atoms with van der Waals surface area (Å²) in [7, 11) is 0. The van der Waals surface area contributed by atoms with E-state index in [9.17, 15) is 8.78 Å². The molecule has 0 unspecified atom stereocenters. The monoisotopic (exact) mass is 194 g/mol. The first-order chi connectivity index (χ1) is 5.08. The molecule has 0 N–H and O–H groups in total. The van der Waals surface area contributed by atoms with E-state index in [1.54, 1.807) is 30.3 Å². The van der Waals surface area contributed by atoms with Gasteiger partial charge in [0.2, 0.25) is 0 Å². The molecule has 0 heterocycles. The average Bonchev–Trinajstić information content (AvgIpc) is 1.85. The van der Waals surface area contributed by atoms with Gasteiger partial charge in [-0.25, -0.2) is 0 Å². The minimum Gasteiger partial charge on any atom is -0.177 e. The zero-order valence-electron chi connectivity index (χ0n) is 5.43. The van der Waals surface area contributed by atoms with E-state index in [0.29, 0.717) is 16.7 Å². The number of hydrogen-bond donors (Lipinski definition) is 0. The minimum absolute atomic E-state index is 0.333. The Morgan fingerprint density at radius 1 is 1.18 bits per heavy atom. The van der Waals surface area contributed by atoms with Crippen molar-refractivity contribution in [3.63, 3.8) is 0 Å². The first-order valence-electron chi connectivity index (χ1n) is 2.89. The van der Waals surface area contributed by atoms with Crippen molar-refractivity contribution in [1.29, 1.82) is 0 Å². The highest BCUT2D eigenvalue weighted by molar-refractivity contribution is 8.01. The van der Waals surface area contributed by atoms with Gasteiger partial charge in [0, 0.05) is 4.90 Å². The Morgan fingerprint density at radius 3 is 2.18 bits per heavy atom. The second-order valence-electron chi connectivity index (χ2n) is 1.86. The molecule has 0 amide bonds. The molecule has 0 aromatic heterocycles. The number of thioether (sulfide) groups is 1. The van der Waals surface area contributed by atoms with Crippen LogP contribution in [-0.2, 0) is 0 Å². The van der Waals surface area contributed by atoms with Gasteiger partial charge in [-0.1, -0.05) is 18.2 Å². The first-order valence-corrected chi connectivity index (χ1v) is 4.08. The summed E-state index contributed by atoms with van der Waals surface area (Å²) in [5.41, 5.74) is 0. The van der Waals surface area contributed by atoms with Crippen molar-refractivity contribution in [1.82, 2.24) is 0 Å². The van der Waals surface area contributed by atoms with Crippen LogP contribution in [0.15, 0.2) is 35.2 Å². The summed E-state index contributed by atoms with van der Waals surface area (Å²) in [6, 6.07) is 8.30. The molecule has 60 valence electrons. The second kappa shape index (κ2) is 3.41. The molecule has 11 heavy (non-hydrogen) atoms. The van der Waals surface area contributed by atoms with E-state index in [-0.39, 0.29) is 0 Å². The van der Waals surface area contributed by atoms with Crippen molar-refractivity contribution in [2.24, 2.45) is 0 Å². The fourth-order valence-electron chi connectivity index (χ4n) is 0.622. The van der Waals surface area contributed by atoms with Crippen molar-refractivity contribution in [2.75, 3.05) is 0 Å². The topological polar surface area (TPSA) is 0 Å². The lowest BCUT2D eigenvalue weighted by Crippen LogP contribution is -1.96. The van der Waals surface area contributed by atoms with E-state index in [0.717, 1.165) is 0 Å². The molecule has 1 aromatic carbocycles. The van der Waals surface area contributed by atoms with Gasteiger partial charge < -0.3 is 0 Å². The Labute approximate surface area is 72.6 Å². The Hall–Kier alpha value is -0.280. The van der Waals surface area contributed by atoms with Crippen LogP contribution in [0.25, 0.3) is 0 Å². The fourth-order valence-corrected chi connectivity index (χ4v) is 1.45. The Kier molecular flexibility index (Phi) is 2.73. The Morgan fingerprint density at radius 2 is 1.73 bits per heavy atom. The lowest BCUT2D eigenvalue weighted by atomic mass is 10.4. The predicted octanol–water partition coefficient (Wildman–Crippen LogP) is 3.57. The first kappa shape index (κ1) is 8.81. The Balaban J connectivity index is 2.66. The number of halogens is 3. The van der Waals surface area contributed by atoms with Gasteiger partial charge in [-0.3, -0.25) is 0 Å². The molecule has 4 heteroatoms. The standard InChI is InChI=1S/C7H5ClF2S/c8-7(9,10)11-6-4-2-1-3-5-6/h1-5H. The molecule has 0 nitrogen and oxygen atoms in total. The summed E-state index contributed by atoms with van der Waals surface area (Å²) in [6.07, 6.45) is 0. The van der Waals surface area contributed by atoms with Gasteiger partial charge in [-0.05, 0) is 35.5 Å². The maximum atomic E-state index is 12.1. The van der Waals surface area contributed by atoms with Crippen LogP contribution < -0.4 is 0 Å². The lowest BCUT2D eigenvalue weighted by Gasteiger charge is -2.05. The average molecular weight is 195 g/mol. The van der Waals surface area contributed by atoms with Gasteiger partial charge in [0.05, 0.1) is 0 Å². The molecule has 0 fully saturated rings. The molecule has 0 saturated heterocycles. The van der Waals surface area contributed by atoms with E-state index in [4.69, 9.17) is 11.6 Å². The highest BCUT2D eigenvalue weighted by Gasteiger charge is 2.25. The van der Waals surface area contributed by atoms with Crippen molar-refractivity contribution in [3.8, 4) is 0 Å².